The Kier molecular flexibility index (Phi) is 5.30. The van der Waals surface area contributed by atoms with Crippen LogP contribution in [0.4, 0.5) is 0 Å². The topological polar surface area (TPSA) is 80.5 Å². The first-order valence-corrected chi connectivity index (χ1v) is 11.4. The summed E-state index contributed by atoms with van der Waals surface area (Å²) in [6, 6.07) is 12.1. The molecule has 1 aromatic heterocycles. The number of nitrogens with zero attached hydrogens (tertiary/aromatic N) is 5. The quantitative estimate of drug-likeness (QED) is 0.733. The first kappa shape index (κ1) is 20.5. The number of rotatable bonds is 2. The second-order valence-electron chi connectivity index (χ2n) is 8.91. The van der Waals surface area contributed by atoms with Crippen molar-refractivity contribution in [2.24, 2.45) is 5.92 Å². The number of pyridine rings is 1. The Morgan fingerprint density at radius 3 is 2.62 bits per heavy atom. The van der Waals surface area contributed by atoms with E-state index in [0.717, 1.165) is 42.2 Å². The van der Waals surface area contributed by atoms with Crippen LogP contribution in [0.5, 0.6) is 0 Å². The molecule has 2 aromatic rings. The highest BCUT2D eigenvalue weighted by molar-refractivity contribution is 6.05. The van der Waals surface area contributed by atoms with E-state index in [4.69, 9.17) is 0 Å². The highest BCUT2D eigenvalue weighted by Gasteiger charge is 2.43. The van der Waals surface area contributed by atoms with Gasteiger partial charge in [-0.2, -0.15) is 5.26 Å². The molecule has 2 amide bonds. The third-order valence-electron chi connectivity index (χ3n) is 7.26. The lowest BCUT2D eigenvalue weighted by Gasteiger charge is -2.48. The van der Waals surface area contributed by atoms with Crippen LogP contribution in [0.3, 0.4) is 0 Å². The molecular weight excluding hydrogens is 402 g/mol. The van der Waals surface area contributed by atoms with Gasteiger partial charge in [-0.1, -0.05) is 37.1 Å². The number of hydrogen-bond acceptors (Lipinski definition) is 5. The number of hydrogen-bond donors (Lipinski definition) is 0. The van der Waals surface area contributed by atoms with Gasteiger partial charge in [0.1, 0.15) is 17.3 Å². The highest BCUT2D eigenvalue weighted by atomic mass is 16.2. The smallest absolute Gasteiger partial charge is 0.273 e. The van der Waals surface area contributed by atoms with E-state index in [0.29, 0.717) is 31.9 Å². The van der Waals surface area contributed by atoms with Crippen molar-refractivity contribution in [2.45, 2.75) is 31.7 Å². The Bertz CT molecular complexity index is 1140. The summed E-state index contributed by atoms with van der Waals surface area (Å²) in [7, 11) is 1.83. The van der Waals surface area contributed by atoms with Crippen LogP contribution in [0.15, 0.2) is 47.8 Å². The van der Waals surface area contributed by atoms with Gasteiger partial charge in [-0.05, 0) is 24.3 Å². The molecule has 3 aliphatic rings. The van der Waals surface area contributed by atoms with Crippen LogP contribution in [-0.4, -0.2) is 70.8 Å². The minimum Gasteiger partial charge on any atom is -0.370 e. The Balaban J connectivity index is 1.38. The molecule has 2 aliphatic heterocycles. The fourth-order valence-electron chi connectivity index (χ4n) is 5.60. The molecule has 2 unspecified atom stereocenters. The minimum atomic E-state index is -0.163. The Labute approximate surface area is 187 Å². The van der Waals surface area contributed by atoms with Crippen LogP contribution in [0.2, 0.25) is 0 Å². The van der Waals surface area contributed by atoms with E-state index in [-0.39, 0.29) is 29.3 Å². The number of nitriles is 1. The largest absolute Gasteiger partial charge is 0.370 e. The fourth-order valence-corrected chi connectivity index (χ4v) is 5.60. The van der Waals surface area contributed by atoms with Crippen LogP contribution in [0.25, 0.3) is 10.8 Å². The van der Waals surface area contributed by atoms with Gasteiger partial charge in [0.15, 0.2) is 0 Å². The second kappa shape index (κ2) is 8.27. The maximum absolute atomic E-state index is 13.3. The zero-order valence-electron chi connectivity index (χ0n) is 18.3. The standard InChI is InChI=1S/C25H27N5O2/c1-28-21-9-5-4-8-19(21)23(20(16-26)24(28)31)29-12-14-30(15-13-29)25(32)22-18-7-3-2-6-17(18)10-11-27-22/h2-3,6-7,10-11,19,21H,4-5,8-9,12-15H2,1H3. The van der Waals surface area contributed by atoms with Crippen LogP contribution in [0.1, 0.15) is 36.2 Å². The zero-order chi connectivity index (χ0) is 22.2. The van der Waals surface area contributed by atoms with Gasteiger partial charge in [0.25, 0.3) is 11.8 Å². The second-order valence-corrected chi connectivity index (χ2v) is 8.91. The van der Waals surface area contributed by atoms with Gasteiger partial charge < -0.3 is 14.7 Å². The monoisotopic (exact) mass is 429 g/mol. The molecule has 0 radical (unpaired) electrons. The third kappa shape index (κ3) is 3.31. The summed E-state index contributed by atoms with van der Waals surface area (Å²) in [5.74, 6) is -0.0156. The van der Waals surface area contributed by atoms with Gasteiger partial charge in [0, 0.05) is 62.5 Å². The first-order valence-electron chi connectivity index (χ1n) is 11.4. The summed E-state index contributed by atoms with van der Waals surface area (Å²) in [5.41, 5.74) is 1.68. The summed E-state index contributed by atoms with van der Waals surface area (Å²) >= 11 is 0. The molecule has 1 aliphatic carbocycles. The zero-order valence-corrected chi connectivity index (χ0v) is 18.3. The van der Waals surface area contributed by atoms with E-state index < -0.39 is 0 Å². The van der Waals surface area contributed by atoms with E-state index >= 15 is 0 Å². The number of amides is 2. The molecule has 1 aromatic carbocycles. The molecule has 0 bridgehead atoms. The van der Waals surface area contributed by atoms with E-state index in [1.165, 1.54) is 0 Å². The normalized spacial score (nSPS) is 23.9. The minimum absolute atomic E-state index is 0.0640. The first-order chi connectivity index (χ1) is 15.6. The molecule has 1 saturated carbocycles. The number of piperazine rings is 1. The molecule has 0 N–H and O–H groups in total. The maximum atomic E-state index is 13.3. The van der Waals surface area contributed by atoms with E-state index in [1.54, 1.807) is 11.1 Å². The lowest BCUT2D eigenvalue weighted by molar-refractivity contribution is -0.130. The molecular formula is C25H27N5O2. The van der Waals surface area contributed by atoms with Crippen molar-refractivity contribution in [2.75, 3.05) is 33.2 Å². The molecule has 5 rings (SSSR count). The van der Waals surface area contributed by atoms with Gasteiger partial charge in [-0.3, -0.25) is 14.6 Å². The van der Waals surface area contributed by atoms with Gasteiger partial charge in [-0.15, -0.1) is 0 Å². The van der Waals surface area contributed by atoms with Gasteiger partial charge in [0.05, 0.1) is 0 Å². The van der Waals surface area contributed by atoms with E-state index in [1.807, 2.05) is 42.3 Å². The predicted octanol–water partition coefficient (Wildman–Crippen LogP) is 2.80. The van der Waals surface area contributed by atoms with Crippen molar-refractivity contribution in [3.05, 3.63) is 53.5 Å². The molecule has 2 atom stereocenters. The van der Waals surface area contributed by atoms with Crippen molar-refractivity contribution in [1.82, 2.24) is 19.7 Å². The fraction of sp³-hybridized carbons (Fsp3) is 0.440. The average molecular weight is 430 g/mol. The number of benzene rings is 1. The van der Waals surface area contributed by atoms with E-state index in [9.17, 15) is 14.9 Å². The van der Waals surface area contributed by atoms with Crippen LogP contribution in [-0.2, 0) is 4.79 Å². The number of likely N-dealkylation sites (N-methyl/N-ethyl adjacent to an activating group) is 1. The Morgan fingerprint density at radius 1 is 1.09 bits per heavy atom. The van der Waals surface area contributed by atoms with E-state index in [2.05, 4.69) is 16.0 Å². The molecule has 1 saturated heterocycles. The number of aromatic nitrogens is 1. The molecule has 7 heteroatoms. The van der Waals surface area contributed by atoms with Crippen molar-refractivity contribution in [3.8, 4) is 6.07 Å². The van der Waals surface area contributed by atoms with Crippen LogP contribution < -0.4 is 0 Å². The molecule has 7 nitrogen and oxygen atoms in total. The van der Waals surface area contributed by atoms with Gasteiger partial charge in [0.2, 0.25) is 0 Å². The lowest BCUT2D eigenvalue weighted by Crippen LogP contribution is -2.55. The molecule has 0 spiro atoms. The number of carbonyl (C=O) groups excluding carboxylic acids is 2. The lowest BCUT2D eigenvalue weighted by atomic mass is 9.77. The molecule has 3 heterocycles. The number of carbonyl (C=O) groups is 2. The van der Waals surface area contributed by atoms with Crippen molar-refractivity contribution < 1.29 is 9.59 Å². The summed E-state index contributed by atoms with van der Waals surface area (Å²) in [5, 5.41) is 11.7. The summed E-state index contributed by atoms with van der Waals surface area (Å²) in [4.78, 5) is 36.3. The molecule has 32 heavy (non-hydrogen) atoms. The van der Waals surface area contributed by atoms with Crippen LogP contribution in [0, 0.1) is 17.2 Å². The Hall–Kier alpha value is -3.40. The van der Waals surface area contributed by atoms with Crippen molar-refractivity contribution >= 4 is 22.6 Å². The summed E-state index contributed by atoms with van der Waals surface area (Å²) in [6.07, 6.45) is 5.91. The van der Waals surface area contributed by atoms with Gasteiger partial charge in [-0.25, -0.2) is 0 Å². The average Bonchev–Trinajstić information content (AvgIpc) is 2.85. The molecule has 164 valence electrons. The van der Waals surface area contributed by atoms with Gasteiger partial charge >= 0.3 is 0 Å². The van der Waals surface area contributed by atoms with Crippen molar-refractivity contribution in [1.29, 1.82) is 5.26 Å². The van der Waals surface area contributed by atoms with Crippen LogP contribution >= 0.6 is 0 Å². The number of fused-ring (bicyclic) bond motifs is 2. The van der Waals surface area contributed by atoms with Crippen molar-refractivity contribution in [3.63, 3.8) is 0 Å². The SMILES string of the molecule is CN1C(=O)C(C#N)=C(N2CCN(C(=O)c3nccc4ccccc34)CC2)C2CCCCC21. The predicted molar refractivity (Wildman–Crippen MR) is 120 cm³/mol. The summed E-state index contributed by atoms with van der Waals surface area (Å²) in [6.45, 7) is 2.34. The Morgan fingerprint density at radius 2 is 1.84 bits per heavy atom. The third-order valence-corrected chi connectivity index (χ3v) is 7.26. The molecule has 2 fully saturated rings. The maximum Gasteiger partial charge on any atom is 0.273 e. The highest BCUT2D eigenvalue weighted by Crippen LogP contribution is 2.40. The summed E-state index contributed by atoms with van der Waals surface area (Å²) < 4.78 is 0.